The summed E-state index contributed by atoms with van der Waals surface area (Å²) in [6, 6.07) is 7.05. The largest absolute Gasteiger partial charge is 0.355 e. The lowest BCUT2D eigenvalue weighted by Crippen LogP contribution is -2.32. The SMILES string of the molecule is Cc1sc2nc(Cl)nc(N(CC(C)C)CC(C)C)c2c1-c1ccc2c(c1)CCCC2. The Labute approximate surface area is 189 Å². The van der Waals surface area contributed by atoms with Gasteiger partial charge in [0.25, 0.3) is 0 Å². The number of hydrogen-bond acceptors (Lipinski definition) is 4. The van der Waals surface area contributed by atoms with E-state index in [1.807, 2.05) is 0 Å². The first-order valence-electron chi connectivity index (χ1n) is 11.2. The van der Waals surface area contributed by atoms with Crippen LogP contribution in [0.5, 0.6) is 0 Å². The van der Waals surface area contributed by atoms with E-state index in [-0.39, 0.29) is 0 Å². The van der Waals surface area contributed by atoms with E-state index in [0.717, 1.165) is 23.7 Å². The molecule has 30 heavy (non-hydrogen) atoms. The number of aryl methyl sites for hydroxylation is 3. The van der Waals surface area contributed by atoms with Gasteiger partial charge in [0.1, 0.15) is 10.6 Å². The molecule has 160 valence electrons. The molecule has 1 aliphatic rings. The number of rotatable bonds is 6. The molecule has 0 aliphatic heterocycles. The Morgan fingerprint density at radius 2 is 1.67 bits per heavy atom. The first-order valence-corrected chi connectivity index (χ1v) is 12.4. The highest BCUT2D eigenvalue weighted by atomic mass is 35.5. The van der Waals surface area contributed by atoms with Gasteiger partial charge in [0.15, 0.2) is 0 Å². The second kappa shape index (κ2) is 8.84. The highest BCUT2D eigenvalue weighted by Crippen LogP contribution is 2.43. The van der Waals surface area contributed by atoms with E-state index >= 15 is 0 Å². The molecule has 0 N–H and O–H groups in total. The number of benzene rings is 1. The minimum absolute atomic E-state index is 0.341. The second-order valence-corrected chi connectivity index (χ2v) is 11.0. The summed E-state index contributed by atoms with van der Waals surface area (Å²) in [6.45, 7) is 13.2. The Kier molecular flexibility index (Phi) is 6.36. The van der Waals surface area contributed by atoms with Crippen molar-refractivity contribution in [3.8, 4) is 11.1 Å². The fraction of sp³-hybridized carbons (Fsp3) is 0.520. The molecule has 3 nitrogen and oxygen atoms in total. The van der Waals surface area contributed by atoms with Gasteiger partial charge in [-0.05, 0) is 72.7 Å². The van der Waals surface area contributed by atoms with E-state index in [2.05, 4.69) is 62.7 Å². The fourth-order valence-corrected chi connectivity index (χ4v) is 5.92. The van der Waals surface area contributed by atoms with Crippen LogP contribution < -0.4 is 4.90 Å². The van der Waals surface area contributed by atoms with Crippen molar-refractivity contribution >= 4 is 39.0 Å². The highest BCUT2D eigenvalue weighted by molar-refractivity contribution is 7.19. The van der Waals surface area contributed by atoms with Crippen LogP contribution in [0.1, 0.15) is 56.5 Å². The zero-order valence-corrected chi connectivity index (χ0v) is 20.3. The zero-order chi connectivity index (χ0) is 21.4. The number of hydrogen-bond donors (Lipinski definition) is 0. The van der Waals surface area contributed by atoms with E-state index in [1.165, 1.54) is 58.2 Å². The third kappa shape index (κ3) is 4.36. The maximum absolute atomic E-state index is 6.40. The predicted octanol–water partition coefficient (Wildman–Crippen LogP) is 7.32. The Morgan fingerprint density at radius 3 is 2.33 bits per heavy atom. The summed E-state index contributed by atoms with van der Waals surface area (Å²) in [6.07, 6.45) is 4.99. The van der Waals surface area contributed by atoms with Crippen molar-refractivity contribution in [2.45, 2.75) is 60.3 Å². The Bertz CT molecular complexity index is 1040. The molecule has 0 unspecified atom stereocenters. The summed E-state index contributed by atoms with van der Waals surface area (Å²) < 4.78 is 0. The van der Waals surface area contributed by atoms with Crippen LogP contribution in [0.2, 0.25) is 5.28 Å². The van der Waals surface area contributed by atoms with Crippen LogP contribution in [-0.4, -0.2) is 23.1 Å². The molecule has 1 aliphatic carbocycles. The van der Waals surface area contributed by atoms with Crippen LogP contribution >= 0.6 is 22.9 Å². The van der Waals surface area contributed by atoms with Crippen LogP contribution in [0.3, 0.4) is 0 Å². The predicted molar refractivity (Wildman–Crippen MR) is 131 cm³/mol. The van der Waals surface area contributed by atoms with Crippen LogP contribution in [0.25, 0.3) is 21.3 Å². The quantitative estimate of drug-likeness (QED) is 0.375. The number of nitrogens with zero attached hydrogens (tertiary/aromatic N) is 3. The molecule has 0 atom stereocenters. The van der Waals surface area contributed by atoms with Gasteiger partial charge in [0.2, 0.25) is 5.28 Å². The third-order valence-corrected chi connectivity index (χ3v) is 6.96. The van der Waals surface area contributed by atoms with Crippen molar-refractivity contribution in [1.82, 2.24) is 9.97 Å². The lowest BCUT2D eigenvalue weighted by atomic mass is 9.89. The van der Waals surface area contributed by atoms with Gasteiger partial charge >= 0.3 is 0 Å². The maximum atomic E-state index is 6.40. The standard InChI is InChI=1S/C25H32ClN3S/c1-15(2)13-29(14-16(3)4)23-22-21(17(5)30-24(22)28-25(26)27-23)20-11-10-18-8-6-7-9-19(18)12-20/h10-12,15-16H,6-9,13-14H2,1-5H3. The average molecular weight is 442 g/mol. The molecule has 1 aromatic carbocycles. The number of fused-ring (bicyclic) bond motifs is 2. The minimum atomic E-state index is 0.341. The van der Waals surface area contributed by atoms with Crippen LogP contribution in [0.4, 0.5) is 5.82 Å². The lowest BCUT2D eigenvalue weighted by Gasteiger charge is -2.28. The van der Waals surface area contributed by atoms with Gasteiger partial charge in [-0.3, -0.25) is 0 Å². The Hall–Kier alpha value is -1.65. The first kappa shape index (κ1) is 21.6. The lowest BCUT2D eigenvalue weighted by molar-refractivity contribution is 0.550. The van der Waals surface area contributed by atoms with Gasteiger partial charge in [-0.25, -0.2) is 4.98 Å². The zero-order valence-electron chi connectivity index (χ0n) is 18.8. The molecule has 5 heteroatoms. The maximum Gasteiger partial charge on any atom is 0.225 e. The van der Waals surface area contributed by atoms with Gasteiger partial charge in [-0.2, -0.15) is 4.98 Å². The molecule has 0 amide bonds. The molecule has 2 aromatic heterocycles. The molecular formula is C25H32ClN3S. The van der Waals surface area contributed by atoms with Gasteiger partial charge < -0.3 is 4.90 Å². The van der Waals surface area contributed by atoms with Crippen LogP contribution in [-0.2, 0) is 12.8 Å². The Morgan fingerprint density at radius 1 is 1.00 bits per heavy atom. The molecule has 0 bridgehead atoms. The molecule has 0 fully saturated rings. The van der Waals surface area contributed by atoms with Crippen LogP contribution in [0, 0.1) is 18.8 Å². The summed E-state index contributed by atoms with van der Waals surface area (Å²) >= 11 is 8.13. The number of thiophene rings is 1. The fourth-order valence-electron chi connectivity index (χ4n) is 4.66. The molecule has 0 radical (unpaired) electrons. The van der Waals surface area contributed by atoms with E-state index < -0.39 is 0 Å². The summed E-state index contributed by atoms with van der Waals surface area (Å²) in [5, 5.41) is 1.51. The van der Waals surface area contributed by atoms with Gasteiger partial charge in [-0.15, -0.1) is 11.3 Å². The van der Waals surface area contributed by atoms with Gasteiger partial charge in [-0.1, -0.05) is 45.9 Å². The Balaban J connectivity index is 1.92. The topological polar surface area (TPSA) is 29.0 Å². The van der Waals surface area contributed by atoms with Gasteiger partial charge in [0, 0.05) is 23.5 Å². The van der Waals surface area contributed by atoms with Crippen molar-refractivity contribution in [2.75, 3.05) is 18.0 Å². The molecule has 0 saturated heterocycles. The number of aromatic nitrogens is 2. The molecule has 0 saturated carbocycles. The summed E-state index contributed by atoms with van der Waals surface area (Å²) in [4.78, 5) is 14.1. The van der Waals surface area contributed by atoms with E-state index in [9.17, 15) is 0 Å². The van der Waals surface area contributed by atoms with E-state index in [1.54, 1.807) is 11.3 Å². The van der Waals surface area contributed by atoms with E-state index in [4.69, 9.17) is 16.6 Å². The highest BCUT2D eigenvalue weighted by Gasteiger charge is 2.23. The molecule has 2 heterocycles. The number of halogens is 1. The van der Waals surface area contributed by atoms with Crippen molar-refractivity contribution in [1.29, 1.82) is 0 Å². The third-order valence-electron chi connectivity index (χ3n) is 5.79. The van der Waals surface area contributed by atoms with Crippen molar-refractivity contribution in [3.05, 3.63) is 39.5 Å². The van der Waals surface area contributed by atoms with Crippen molar-refractivity contribution < 1.29 is 0 Å². The van der Waals surface area contributed by atoms with Crippen molar-refractivity contribution in [2.24, 2.45) is 11.8 Å². The second-order valence-electron chi connectivity index (χ2n) is 9.41. The monoisotopic (exact) mass is 441 g/mol. The number of anilines is 1. The summed E-state index contributed by atoms with van der Waals surface area (Å²) in [7, 11) is 0. The van der Waals surface area contributed by atoms with E-state index in [0.29, 0.717) is 17.1 Å². The minimum Gasteiger partial charge on any atom is -0.355 e. The van der Waals surface area contributed by atoms with Crippen LogP contribution in [0.15, 0.2) is 18.2 Å². The van der Waals surface area contributed by atoms with Crippen molar-refractivity contribution in [3.63, 3.8) is 0 Å². The average Bonchev–Trinajstić information content (AvgIpc) is 3.01. The summed E-state index contributed by atoms with van der Waals surface area (Å²) in [5.41, 5.74) is 5.60. The normalized spacial score (nSPS) is 14.0. The molecule has 3 aromatic rings. The molecule has 4 rings (SSSR count). The first-order chi connectivity index (χ1) is 14.3. The summed E-state index contributed by atoms with van der Waals surface area (Å²) in [5.74, 6) is 2.07. The molecular weight excluding hydrogens is 410 g/mol. The van der Waals surface area contributed by atoms with Gasteiger partial charge in [0.05, 0.1) is 5.39 Å². The smallest absolute Gasteiger partial charge is 0.225 e. The molecule has 0 spiro atoms.